The van der Waals surface area contributed by atoms with Gasteiger partial charge in [-0.2, -0.15) is 5.26 Å². The molecule has 352 valence electrons. The zero-order valence-corrected chi connectivity index (χ0v) is 38.7. The summed E-state index contributed by atoms with van der Waals surface area (Å²) < 4.78 is 0. The molecule has 0 radical (unpaired) electrons. The lowest BCUT2D eigenvalue weighted by molar-refractivity contribution is -0.203. The first-order valence-corrected chi connectivity index (χ1v) is 25.3. The van der Waals surface area contributed by atoms with Gasteiger partial charge < -0.3 is 25.6 Å². The molecular formula is C54H96N2O5. The van der Waals surface area contributed by atoms with Gasteiger partial charge in [-0.3, -0.25) is 0 Å². The highest BCUT2D eigenvalue weighted by Crippen LogP contribution is 2.71. The van der Waals surface area contributed by atoms with E-state index >= 15 is 0 Å². The summed E-state index contributed by atoms with van der Waals surface area (Å²) in [6.45, 7) is 19.4. The molecule has 8 rings (SSSR count). The van der Waals surface area contributed by atoms with E-state index in [0.717, 1.165) is 70.6 Å². The van der Waals surface area contributed by atoms with Crippen molar-refractivity contribution in [3.8, 4) is 6.07 Å². The minimum absolute atomic E-state index is 0. The van der Waals surface area contributed by atoms with Gasteiger partial charge >= 0.3 is 0 Å². The van der Waals surface area contributed by atoms with E-state index in [1.165, 1.54) is 51.4 Å². The zero-order chi connectivity index (χ0) is 42.7. The lowest BCUT2D eigenvalue weighted by Crippen LogP contribution is -2.62. The quantitative estimate of drug-likeness (QED) is 0.0890. The molecule has 0 aromatic carbocycles. The average molecular weight is 853 g/mol. The second-order valence-corrected chi connectivity index (χ2v) is 23.8. The molecule has 5 N–H and O–H groups in total. The summed E-state index contributed by atoms with van der Waals surface area (Å²) in [7, 11) is 0. The fourth-order valence-corrected chi connectivity index (χ4v) is 19.0. The van der Waals surface area contributed by atoms with Crippen molar-refractivity contribution in [2.24, 2.45) is 110 Å². The Balaban J connectivity index is 0.000000224. The van der Waals surface area contributed by atoms with Gasteiger partial charge in [0.25, 0.3) is 0 Å². The largest absolute Gasteiger partial charge is 0.411 e. The average Bonchev–Trinajstić information content (AvgIpc) is 3.75. The maximum absolute atomic E-state index is 11.7. The second-order valence-electron chi connectivity index (χ2n) is 23.8. The summed E-state index contributed by atoms with van der Waals surface area (Å²) in [6, 6.07) is 2.35. The van der Waals surface area contributed by atoms with E-state index in [9.17, 15) is 20.4 Å². The van der Waals surface area contributed by atoms with Crippen molar-refractivity contribution >= 4 is 6.21 Å². The van der Waals surface area contributed by atoms with Crippen molar-refractivity contribution in [3.63, 3.8) is 0 Å². The monoisotopic (exact) mass is 853 g/mol. The van der Waals surface area contributed by atoms with Crippen molar-refractivity contribution in [2.75, 3.05) is 0 Å². The number of aliphatic hydroxyl groups excluding tert-OH is 4. The number of fused-ring (bicyclic) bond motifs is 10. The van der Waals surface area contributed by atoms with Crippen LogP contribution >= 0.6 is 0 Å². The van der Waals surface area contributed by atoms with Crippen LogP contribution in [-0.2, 0) is 0 Å². The summed E-state index contributed by atoms with van der Waals surface area (Å²) >= 11 is 0. The van der Waals surface area contributed by atoms with Gasteiger partial charge in [-0.25, -0.2) is 0 Å². The second kappa shape index (κ2) is 19.7. The van der Waals surface area contributed by atoms with Crippen LogP contribution in [0.25, 0.3) is 0 Å². The fourth-order valence-electron chi connectivity index (χ4n) is 19.0. The lowest BCUT2D eigenvalue weighted by Gasteiger charge is -2.64. The highest BCUT2D eigenvalue weighted by molar-refractivity contribution is 5.55. The molecule has 8 aliphatic carbocycles. The molecule has 0 aliphatic heterocycles. The van der Waals surface area contributed by atoms with Crippen LogP contribution in [0.5, 0.6) is 0 Å². The number of nitrogens with zero attached hydrogens (tertiary/aromatic N) is 2. The molecule has 7 nitrogen and oxygen atoms in total. The summed E-state index contributed by atoms with van der Waals surface area (Å²) in [5.41, 5.74) is 1.22. The van der Waals surface area contributed by atoms with Crippen LogP contribution in [0.1, 0.15) is 199 Å². The Labute approximate surface area is 374 Å². The predicted octanol–water partition coefficient (Wildman–Crippen LogP) is 12.3. The van der Waals surface area contributed by atoms with Crippen molar-refractivity contribution in [1.29, 1.82) is 5.26 Å². The predicted molar refractivity (Wildman–Crippen MR) is 250 cm³/mol. The zero-order valence-electron chi connectivity index (χ0n) is 38.7. The van der Waals surface area contributed by atoms with E-state index < -0.39 is 0 Å². The molecular weight excluding hydrogens is 757 g/mol. The number of rotatable bonds is 9. The van der Waals surface area contributed by atoms with Crippen molar-refractivity contribution in [2.45, 2.75) is 223 Å². The molecule has 7 heteroatoms. The molecule has 22 atom stereocenters. The Morgan fingerprint density at radius 3 is 1.38 bits per heavy atom. The van der Waals surface area contributed by atoms with E-state index in [1.807, 2.05) is 0 Å². The molecule has 8 fully saturated rings. The Morgan fingerprint density at radius 2 is 0.984 bits per heavy atom. The van der Waals surface area contributed by atoms with Crippen LogP contribution in [0.15, 0.2) is 5.16 Å². The van der Waals surface area contributed by atoms with Gasteiger partial charge in [0, 0.05) is 12.6 Å². The van der Waals surface area contributed by atoms with Gasteiger partial charge in [-0.05, 0) is 214 Å². The molecule has 0 unspecified atom stereocenters. The summed E-state index contributed by atoms with van der Waals surface area (Å²) in [4.78, 5) is 0. The fraction of sp³-hybridized carbons (Fsp3) is 0.963. The molecule has 0 spiro atoms. The maximum atomic E-state index is 11.7. The maximum Gasteiger partial charge on any atom is 0.0621 e. The third kappa shape index (κ3) is 8.45. The normalized spacial score (nSPS) is 50.6. The minimum Gasteiger partial charge on any atom is -0.411 e. The molecule has 0 amide bonds. The van der Waals surface area contributed by atoms with E-state index in [1.54, 1.807) is 6.21 Å². The topological polar surface area (TPSA) is 137 Å². The SMILES string of the molecule is C.C.CC[C@H]1[C@@H](O)[C@@H]2[C@H](CC[C@]3(C)[C@@H]([C@H](C)CC/C=N/O)CC[C@@H]23)[C@@]2(C)CC[C@@H](O)C[C@@H]12.CC[C@H]1[C@@H](O)[C@@H]2[C@H](CC[C@]3(C)[C@@H]([C@H](C)CCC#N)CC[C@@H]23)[C@@]2(C)CC[C@@H](O)C[C@@H]12. The van der Waals surface area contributed by atoms with E-state index in [0.29, 0.717) is 100 Å². The van der Waals surface area contributed by atoms with Crippen molar-refractivity contribution in [1.82, 2.24) is 0 Å². The van der Waals surface area contributed by atoms with Crippen molar-refractivity contribution in [3.05, 3.63) is 0 Å². The summed E-state index contributed by atoms with van der Waals surface area (Å²) in [5.74, 6) is 7.63. The van der Waals surface area contributed by atoms with Gasteiger partial charge in [0.2, 0.25) is 0 Å². The Hall–Kier alpha value is -1.20. The number of hydrogen-bond donors (Lipinski definition) is 5. The van der Waals surface area contributed by atoms with Gasteiger partial charge in [0.15, 0.2) is 0 Å². The van der Waals surface area contributed by atoms with E-state index in [-0.39, 0.29) is 50.1 Å². The van der Waals surface area contributed by atoms with Crippen LogP contribution in [0, 0.1) is 116 Å². The molecule has 0 heterocycles. The van der Waals surface area contributed by atoms with E-state index in [4.69, 9.17) is 10.5 Å². The Morgan fingerprint density at radius 1 is 0.590 bits per heavy atom. The highest BCUT2D eigenvalue weighted by Gasteiger charge is 2.66. The Kier molecular flexibility index (Phi) is 16.4. The Bertz CT molecular complexity index is 1500. The number of nitriles is 1. The first-order chi connectivity index (χ1) is 28.0. The number of oxime groups is 1. The summed E-state index contributed by atoms with van der Waals surface area (Å²) in [6.07, 6.45) is 22.7. The standard InChI is InChI=1S/C26H45NO3.C26H43NO2.2CH4/c1-5-18-22-15-17(28)10-12-26(22,4)21-11-13-25(3)19(16(2)7-6-14-27-30)8-9-20(25)23(21)24(18)29;1-5-18-22-15-17(28)10-12-26(22,4)21-11-13-25(3)19(16(2)7-6-14-27)8-9-20(25)23(21)24(18)29;;/h14,16-24,28-30H,5-13,15H2,1-4H3;16-24,28-29H,5-13,15H2,1-4H3;2*1H4/b27-14+;;;/t2*16-,17-,18-,19-,20+,21+,22+,23+,24-,25-,26-;;/m11../s1. The van der Waals surface area contributed by atoms with Gasteiger partial charge in [-0.15, -0.1) is 5.16 Å². The molecule has 0 aromatic rings. The molecule has 0 aromatic heterocycles. The lowest BCUT2D eigenvalue weighted by atomic mass is 9.41. The summed E-state index contributed by atoms with van der Waals surface area (Å²) in [5, 5.41) is 65.3. The minimum atomic E-state index is -0.205. The first kappa shape index (κ1) is 50.8. The smallest absolute Gasteiger partial charge is 0.0621 e. The number of aliphatic hydroxyl groups is 4. The van der Waals surface area contributed by atoms with Gasteiger partial charge in [0.05, 0.1) is 30.5 Å². The first-order valence-electron chi connectivity index (χ1n) is 25.3. The molecule has 8 saturated carbocycles. The third-order valence-corrected chi connectivity index (χ3v) is 21.8. The number of hydrogen-bond acceptors (Lipinski definition) is 7. The molecule has 8 aliphatic rings. The van der Waals surface area contributed by atoms with Gasteiger partial charge in [0.1, 0.15) is 0 Å². The molecule has 0 bridgehead atoms. The van der Waals surface area contributed by atoms with Gasteiger partial charge in [-0.1, -0.05) is 83.1 Å². The van der Waals surface area contributed by atoms with Crippen LogP contribution in [0.2, 0.25) is 0 Å². The molecule has 61 heavy (non-hydrogen) atoms. The third-order valence-electron chi connectivity index (χ3n) is 21.8. The van der Waals surface area contributed by atoms with E-state index in [2.05, 4.69) is 66.6 Å². The van der Waals surface area contributed by atoms with Crippen molar-refractivity contribution < 1.29 is 25.6 Å². The van der Waals surface area contributed by atoms with Crippen LogP contribution in [0.4, 0.5) is 0 Å². The van der Waals surface area contributed by atoms with Crippen LogP contribution in [0.3, 0.4) is 0 Å². The molecule has 0 saturated heterocycles. The highest BCUT2D eigenvalue weighted by atomic mass is 16.4. The van der Waals surface area contributed by atoms with Crippen LogP contribution < -0.4 is 0 Å². The van der Waals surface area contributed by atoms with Crippen LogP contribution in [-0.4, -0.2) is 56.3 Å².